The fraction of sp³-hybridized carbons (Fsp3) is 0.200. The van der Waals surface area contributed by atoms with Crippen molar-refractivity contribution >= 4 is 55.1 Å². The summed E-state index contributed by atoms with van der Waals surface area (Å²) in [6.45, 7) is 1.70. The molecule has 5 nitrogen and oxygen atoms in total. The molecular formula is C10H7BrIN3O2. The lowest BCUT2D eigenvalue weighted by atomic mass is 10.1. The molecule has 0 aliphatic rings. The maximum Gasteiger partial charge on any atom is 0.299 e. The Morgan fingerprint density at radius 3 is 2.82 bits per heavy atom. The summed E-state index contributed by atoms with van der Waals surface area (Å²) in [7, 11) is 0. The van der Waals surface area contributed by atoms with Crippen molar-refractivity contribution in [3.8, 4) is 0 Å². The molecule has 0 amide bonds. The number of nitro benzene ring substituents is 1. The number of aromatic nitrogens is 2. The molecule has 0 unspecified atom stereocenters. The summed E-state index contributed by atoms with van der Waals surface area (Å²) in [5, 5.41) is 11.8. The second-order valence-electron chi connectivity index (χ2n) is 3.44. The fourth-order valence-electron chi connectivity index (χ4n) is 1.63. The van der Waals surface area contributed by atoms with Crippen LogP contribution >= 0.6 is 38.5 Å². The van der Waals surface area contributed by atoms with Gasteiger partial charge in [-0.05, 0) is 13.0 Å². The van der Waals surface area contributed by atoms with Crippen LogP contribution in [0.5, 0.6) is 0 Å². The van der Waals surface area contributed by atoms with Crippen molar-refractivity contribution in [3.63, 3.8) is 0 Å². The van der Waals surface area contributed by atoms with Crippen LogP contribution in [0.25, 0.3) is 10.9 Å². The molecule has 0 saturated heterocycles. The van der Waals surface area contributed by atoms with E-state index in [0.29, 0.717) is 20.0 Å². The fourth-order valence-corrected chi connectivity index (χ4v) is 2.65. The summed E-state index contributed by atoms with van der Waals surface area (Å²) in [6, 6.07) is 1.84. The number of nitrogens with zero attached hydrogens (tertiary/aromatic N) is 3. The average Bonchev–Trinajstić information content (AvgIpc) is 2.29. The Morgan fingerprint density at radius 1 is 1.53 bits per heavy atom. The van der Waals surface area contributed by atoms with Gasteiger partial charge in [-0.15, -0.1) is 0 Å². The normalized spacial score (nSPS) is 10.8. The summed E-state index contributed by atoms with van der Waals surface area (Å²) in [5.41, 5.74) is 1.83. The molecule has 1 aromatic carbocycles. The summed E-state index contributed by atoms with van der Waals surface area (Å²) in [6.07, 6.45) is 1.37. The van der Waals surface area contributed by atoms with E-state index in [1.54, 1.807) is 6.92 Å². The Kier molecular flexibility index (Phi) is 3.57. The van der Waals surface area contributed by atoms with Crippen molar-refractivity contribution in [2.45, 2.75) is 11.4 Å². The lowest BCUT2D eigenvalue weighted by Gasteiger charge is -2.06. The molecule has 2 rings (SSSR count). The summed E-state index contributed by atoms with van der Waals surface area (Å²) < 4.78 is 1.39. The molecule has 17 heavy (non-hydrogen) atoms. The number of fused-ring (bicyclic) bond motifs is 1. The molecule has 1 aromatic heterocycles. The summed E-state index contributed by atoms with van der Waals surface area (Å²) >= 11 is 5.51. The lowest BCUT2D eigenvalue weighted by molar-refractivity contribution is -0.383. The standard InChI is InChI=1S/C10H7BrIN3O2/c1-5-7(11)2-6-8(3-12)13-4-14-9(6)10(5)15(16)17/h2,4H,3H2,1H3. The van der Waals surface area contributed by atoms with Crippen LogP contribution in [0.3, 0.4) is 0 Å². The highest BCUT2D eigenvalue weighted by atomic mass is 127. The number of rotatable bonds is 2. The van der Waals surface area contributed by atoms with Gasteiger partial charge in [-0.3, -0.25) is 10.1 Å². The summed E-state index contributed by atoms with van der Waals surface area (Å²) in [4.78, 5) is 18.9. The van der Waals surface area contributed by atoms with Gasteiger partial charge >= 0.3 is 0 Å². The largest absolute Gasteiger partial charge is 0.299 e. The second kappa shape index (κ2) is 4.81. The van der Waals surface area contributed by atoms with E-state index in [1.807, 2.05) is 6.07 Å². The highest BCUT2D eigenvalue weighted by molar-refractivity contribution is 14.1. The lowest BCUT2D eigenvalue weighted by Crippen LogP contribution is -1.99. The van der Waals surface area contributed by atoms with Crippen molar-refractivity contribution in [2.24, 2.45) is 0 Å². The molecule has 0 aliphatic carbocycles. The zero-order chi connectivity index (χ0) is 12.6. The van der Waals surface area contributed by atoms with Gasteiger partial charge in [0.2, 0.25) is 0 Å². The van der Waals surface area contributed by atoms with Crippen LogP contribution in [-0.4, -0.2) is 14.9 Å². The Morgan fingerprint density at radius 2 is 2.24 bits per heavy atom. The van der Waals surface area contributed by atoms with Gasteiger partial charge in [-0.2, -0.15) is 0 Å². The Balaban J connectivity index is 2.96. The third-order valence-electron chi connectivity index (χ3n) is 2.48. The minimum Gasteiger partial charge on any atom is -0.258 e. The van der Waals surface area contributed by atoms with Crippen LogP contribution in [0.2, 0.25) is 0 Å². The quantitative estimate of drug-likeness (QED) is 0.330. The van der Waals surface area contributed by atoms with Crippen LogP contribution in [0, 0.1) is 17.0 Å². The third kappa shape index (κ3) is 2.13. The molecule has 0 spiro atoms. The van der Waals surface area contributed by atoms with Gasteiger partial charge < -0.3 is 0 Å². The van der Waals surface area contributed by atoms with Crippen LogP contribution in [0.4, 0.5) is 5.69 Å². The van der Waals surface area contributed by atoms with Crippen LogP contribution in [0.1, 0.15) is 11.3 Å². The highest BCUT2D eigenvalue weighted by Crippen LogP contribution is 2.34. The monoisotopic (exact) mass is 407 g/mol. The number of hydrogen-bond donors (Lipinski definition) is 0. The minimum atomic E-state index is -0.396. The molecule has 1 heterocycles. The minimum absolute atomic E-state index is 0.0443. The van der Waals surface area contributed by atoms with E-state index < -0.39 is 4.92 Å². The van der Waals surface area contributed by atoms with Crippen molar-refractivity contribution in [2.75, 3.05) is 0 Å². The molecule has 2 aromatic rings. The van der Waals surface area contributed by atoms with Gasteiger partial charge in [-0.1, -0.05) is 38.5 Å². The van der Waals surface area contributed by atoms with Gasteiger partial charge in [0.25, 0.3) is 5.69 Å². The number of hydrogen-bond acceptors (Lipinski definition) is 4. The Bertz CT molecular complexity index is 618. The van der Waals surface area contributed by atoms with Crippen LogP contribution < -0.4 is 0 Å². The van der Waals surface area contributed by atoms with Gasteiger partial charge in [0.05, 0.1) is 10.6 Å². The van der Waals surface area contributed by atoms with Crippen molar-refractivity contribution in [1.29, 1.82) is 0 Å². The number of benzene rings is 1. The second-order valence-corrected chi connectivity index (χ2v) is 5.06. The topological polar surface area (TPSA) is 68.9 Å². The van der Waals surface area contributed by atoms with Gasteiger partial charge in [0.1, 0.15) is 6.33 Å². The highest BCUT2D eigenvalue weighted by Gasteiger charge is 2.21. The molecule has 0 saturated carbocycles. The molecule has 88 valence electrons. The first kappa shape index (κ1) is 12.6. The van der Waals surface area contributed by atoms with E-state index in [-0.39, 0.29) is 5.69 Å². The van der Waals surface area contributed by atoms with E-state index >= 15 is 0 Å². The van der Waals surface area contributed by atoms with Crippen molar-refractivity contribution < 1.29 is 4.92 Å². The molecule has 0 radical (unpaired) electrons. The molecule has 0 aliphatic heterocycles. The van der Waals surface area contributed by atoms with E-state index in [0.717, 1.165) is 11.1 Å². The van der Waals surface area contributed by atoms with E-state index in [2.05, 4.69) is 48.5 Å². The van der Waals surface area contributed by atoms with Crippen molar-refractivity contribution in [1.82, 2.24) is 9.97 Å². The summed E-state index contributed by atoms with van der Waals surface area (Å²) in [5.74, 6) is 0. The van der Waals surface area contributed by atoms with Crippen molar-refractivity contribution in [3.05, 3.63) is 38.2 Å². The van der Waals surface area contributed by atoms with Gasteiger partial charge in [0.15, 0.2) is 5.52 Å². The van der Waals surface area contributed by atoms with E-state index in [4.69, 9.17) is 0 Å². The van der Waals surface area contributed by atoms with E-state index in [9.17, 15) is 10.1 Å². The zero-order valence-electron chi connectivity index (χ0n) is 8.78. The van der Waals surface area contributed by atoms with Crippen LogP contribution in [-0.2, 0) is 4.43 Å². The number of halogens is 2. The number of alkyl halides is 1. The Labute approximate surface area is 119 Å². The SMILES string of the molecule is Cc1c(Br)cc2c(CI)ncnc2c1[N+](=O)[O-]. The maximum atomic E-state index is 11.1. The molecular weight excluding hydrogens is 401 g/mol. The molecule has 0 bridgehead atoms. The van der Waals surface area contributed by atoms with Gasteiger partial charge in [0, 0.05) is 19.8 Å². The number of nitro groups is 1. The smallest absolute Gasteiger partial charge is 0.258 e. The van der Waals surface area contributed by atoms with Crippen LogP contribution in [0.15, 0.2) is 16.9 Å². The first-order valence-corrected chi connectivity index (χ1v) is 7.01. The molecule has 7 heteroatoms. The maximum absolute atomic E-state index is 11.1. The molecule has 0 N–H and O–H groups in total. The first-order valence-electron chi connectivity index (χ1n) is 4.69. The Hall–Kier alpha value is -0.830. The third-order valence-corrected chi connectivity index (χ3v) is 4.03. The van der Waals surface area contributed by atoms with Gasteiger partial charge in [-0.25, -0.2) is 9.97 Å². The molecule has 0 fully saturated rings. The first-order chi connectivity index (χ1) is 8.06. The average molecular weight is 408 g/mol. The predicted molar refractivity (Wildman–Crippen MR) is 76.4 cm³/mol. The molecule has 0 atom stereocenters. The van der Waals surface area contributed by atoms with E-state index in [1.165, 1.54) is 6.33 Å². The zero-order valence-corrected chi connectivity index (χ0v) is 12.5. The predicted octanol–water partition coefficient (Wildman–Crippen LogP) is 3.54.